The number of anilines is 1. The summed E-state index contributed by atoms with van der Waals surface area (Å²) < 4.78 is 39.4. The Labute approximate surface area is 207 Å². The van der Waals surface area contributed by atoms with Crippen molar-refractivity contribution in [2.45, 2.75) is 17.9 Å². The Bertz CT molecular complexity index is 1200. The quantitative estimate of drug-likeness (QED) is 0.380. The van der Waals surface area contributed by atoms with E-state index >= 15 is 0 Å². The zero-order valence-electron chi connectivity index (χ0n) is 18.5. The van der Waals surface area contributed by atoms with Gasteiger partial charge in [0.15, 0.2) is 11.5 Å². The SMILES string of the molecule is COc1ccc([C@@H](C)NC(=O)CN(c2ccc(I)cc2)S(=O)(=O)c2ccccc2)cc1OC. The van der Waals surface area contributed by atoms with E-state index in [4.69, 9.17) is 9.47 Å². The Morgan fingerprint density at radius 2 is 1.61 bits per heavy atom. The molecule has 33 heavy (non-hydrogen) atoms. The van der Waals surface area contributed by atoms with Crippen LogP contribution in [0.2, 0.25) is 0 Å². The summed E-state index contributed by atoms with van der Waals surface area (Å²) in [5.74, 6) is 0.692. The van der Waals surface area contributed by atoms with Gasteiger partial charge in [-0.25, -0.2) is 8.42 Å². The van der Waals surface area contributed by atoms with E-state index in [1.54, 1.807) is 61.7 Å². The van der Waals surface area contributed by atoms with Crippen LogP contribution >= 0.6 is 22.6 Å². The molecule has 0 aliphatic carbocycles. The molecule has 0 saturated carbocycles. The van der Waals surface area contributed by atoms with Crippen molar-refractivity contribution in [3.05, 3.63) is 81.9 Å². The minimum atomic E-state index is -3.95. The number of carbonyl (C=O) groups is 1. The average Bonchev–Trinajstić information content (AvgIpc) is 2.83. The van der Waals surface area contributed by atoms with Gasteiger partial charge in [-0.05, 0) is 83.6 Å². The van der Waals surface area contributed by atoms with Crippen molar-refractivity contribution in [1.29, 1.82) is 0 Å². The molecule has 1 N–H and O–H groups in total. The summed E-state index contributed by atoms with van der Waals surface area (Å²) in [6, 6.07) is 20.0. The van der Waals surface area contributed by atoms with Crippen LogP contribution < -0.4 is 19.1 Å². The molecule has 9 heteroatoms. The van der Waals surface area contributed by atoms with Gasteiger partial charge in [0.2, 0.25) is 5.91 Å². The van der Waals surface area contributed by atoms with Gasteiger partial charge >= 0.3 is 0 Å². The van der Waals surface area contributed by atoms with Gasteiger partial charge in [-0.3, -0.25) is 9.10 Å². The van der Waals surface area contributed by atoms with E-state index < -0.39 is 15.9 Å². The predicted octanol–water partition coefficient (Wildman–Crippen LogP) is 4.38. The van der Waals surface area contributed by atoms with Gasteiger partial charge in [-0.2, -0.15) is 0 Å². The Morgan fingerprint density at radius 3 is 2.21 bits per heavy atom. The maximum Gasteiger partial charge on any atom is 0.264 e. The first kappa shape index (κ1) is 24.8. The molecule has 0 fully saturated rings. The van der Waals surface area contributed by atoms with E-state index in [0.717, 1.165) is 13.4 Å². The zero-order chi connectivity index (χ0) is 24.0. The van der Waals surface area contributed by atoms with Crippen LogP contribution in [-0.2, 0) is 14.8 Å². The van der Waals surface area contributed by atoms with E-state index in [1.165, 1.54) is 19.2 Å². The summed E-state index contributed by atoms with van der Waals surface area (Å²) in [6.45, 7) is 1.45. The minimum Gasteiger partial charge on any atom is -0.493 e. The summed E-state index contributed by atoms with van der Waals surface area (Å²) in [5.41, 5.74) is 1.21. The highest BCUT2D eigenvalue weighted by molar-refractivity contribution is 14.1. The van der Waals surface area contributed by atoms with Crippen LogP contribution in [0.3, 0.4) is 0 Å². The van der Waals surface area contributed by atoms with E-state index in [1.807, 2.05) is 13.0 Å². The van der Waals surface area contributed by atoms with Gasteiger partial charge in [0.1, 0.15) is 6.54 Å². The molecule has 1 amide bonds. The molecule has 1 atom stereocenters. The monoisotopic (exact) mass is 580 g/mol. The normalized spacial score (nSPS) is 12.0. The smallest absolute Gasteiger partial charge is 0.264 e. The van der Waals surface area contributed by atoms with Crippen LogP contribution in [0.1, 0.15) is 18.5 Å². The van der Waals surface area contributed by atoms with Gasteiger partial charge in [0, 0.05) is 3.57 Å². The van der Waals surface area contributed by atoms with Crippen molar-refractivity contribution >= 4 is 44.2 Å². The fraction of sp³-hybridized carbons (Fsp3) is 0.208. The first-order valence-corrected chi connectivity index (χ1v) is 12.6. The van der Waals surface area contributed by atoms with Gasteiger partial charge in [0.25, 0.3) is 10.0 Å². The van der Waals surface area contributed by atoms with Crippen LogP contribution in [-0.4, -0.2) is 35.1 Å². The van der Waals surface area contributed by atoms with Gasteiger partial charge in [-0.1, -0.05) is 24.3 Å². The minimum absolute atomic E-state index is 0.115. The lowest BCUT2D eigenvalue weighted by Gasteiger charge is -2.25. The number of ether oxygens (including phenoxy) is 2. The molecule has 0 radical (unpaired) electrons. The van der Waals surface area contributed by atoms with Crippen LogP contribution in [0.4, 0.5) is 5.69 Å². The van der Waals surface area contributed by atoms with Crippen molar-refractivity contribution in [3.63, 3.8) is 0 Å². The summed E-state index contributed by atoms with van der Waals surface area (Å²) >= 11 is 2.14. The number of halogens is 1. The fourth-order valence-corrected chi connectivity index (χ4v) is 5.07. The summed E-state index contributed by atoms with van der Waals surface area (Å²) in [7, 11) is -0.858. The molecule has 0 spiro atoms. The topological polar surface area (TPSA) is 84.9 Å². The predicted molar refractivity (Wildman–Crippen MR) is 136 cm³/mol. The highest BCUT2D eigenvalue weighted by Crippen LogP contribution is 2.30. The number of carbonyl (C=O) groups excluding carboxylic acids is 1. The molecule has 3 rings (SSSR count). The molecule has 0 bridgehead atoms. The van der Waals surface area contributed by atoms with Crippen LogP contribution in [0.25, 0.3) is 0 Å². The number of nitrogens with zero attached hydrogens (tertiary/aromatic N) is 1. The molecule has 0 heterocycles. The lowest BCUT2D eigenvalue weighted by Crippen LogP contribution is -2.41. The Balaban J connectivity index is 1.85. The molecular formula is C24H25IN2O5S. The Hall–Kier alpha value is -2.79. The molecule has 7 nitrogen and oxygen atoms in total. The van der Waals surface area contributed by atoms with Crippen LogP contribution in [0.15, 0.2) is 77.7 Å². The standard InChI is InChI=1S/C24H25IN2O5S/c1-17(18-9-14-22(31-2)23(15-18)32-3)26-24(28)16-27(20-12-10-19(25)11-13-20)33(29,30)21-7-5-4-6-8-21/h4-15,17H,16H2,1-3H3,(H,26,28)/t17-/m1/s1. The van der Waals surface area contributed by atoms with Gasteiger partial charge in [-0.15, -0.1) is 0 Å². The van der Waals surface area contributed by atoms with Crippen molar-refractivity contribution in [2.24, 2.45) is 0 Å². The second kappa shape index (κ2) is 10.9. The van der Waals surface area contributed by atoms with Gasteiger partial charge in [0.05, 0.1) is 30.8 Å². The van der Waals surface area contributed by atoms with Crippen molar-refractivity contribution in [2.75, 3.05) is 25.1 Å². The van der Waals surface area contributed by atoms with Crippen LogP contribution in [0, 0.1) is 3.57 Å². The first-order chi connectivity index (χ1) is 15.8. The number of hydrogen-bond acceptors (Lipinski definition) is 5. The zero-order valence-corrected chi connectivity index (χ0v) is 21.5. The van der Waals surface area contributed by atoms with Crippen molar-refractivity contribution in [1.82, 2.24) is 5.32 Å². The van der Waals surface area contributed by atoms with Crippen molar-refractivity contribution in [3.8, 4) is 11.5 Å². The second-order valence-corrected chi connectivity index (χ2v) is 10.3. The number of amides is 1. The fourth-order valence-electron chi connectivity index (χ4n) is 3.27. The van der Waals surface area contributed by atoms with E-state index in [9.17, 15) is 13.2 Å². The highest BCUT2D eigenvalue weighted by Gasteiger charge is 2.27. The third kappa shape index (κ3) is 5.97. The summed E-state index contributed by atoms with van der Waals surface area (Å²) in [4.78, 5) is 13.1. The number of nitrogens with one attached hydrogen (secondary N) is 1. The van der Waals surface area contributed by atoms with E-state index in [-0.39, 0.29) is 17.5 Å². The number of methoxy groups -OCH3 is 2. The number of hydrogen-bond donors (Lipinski definition) is 1. The number of sulfonamides is 1. The highest BCUT2D eigenvalue weighted by atomic mass is 127. The molecule has 0 aliphatic heterocycles. The van der Waals surface area contributed by atoms with Crippen LogP contribution in [0.5, 0.6) is 11.5 Å². The molecule has 0 saturated heterocycles. The Morgan fingerprint density at radius 1 is 0.970 bits per heavy atom. The lowest BCUT2D eigenvalue weighted by molar-refractivity contribution is -0.120. The average molecular weight is 580 g/mol. The van der Waals surface area contributed by atoms with E-state index in [2.05, 4.69) is 27.9 Å². The lowest BCUT2D eigenvalue weighted by atomic mass is 10.1. The molecule has 0 unspecified atom stereocenters. The van der Waals surface area contributed by atoms with Crippen molar-refractivity contribution < 1.29 is 22.7 Å². The third-order valence-electron chi connectivity index (χ3n) is 5.02. The maximum atomic E-state index is 13.4. The largest absolute Gasteiger partial charge is 0.493 e. The molecule has 174 valence electrons. The number of rotatable bonds is 9. The molecule has 0 aromatic heterocycles. The molecule has 3 aromatic rings. The molecular weight excluding hydrogens is 555 g/mol. The van der Waals surface area contributed by atoms with Gasteiger partial charge < -0.3 is 14.8 Å². The molecule has 3 aromatic carbocycles. The third-order valence-corrected chi connectivity index (χ3v) is 7.53. The van der Waals surface area contributed by atoms with E-state index in [0.29, 0.717) is 17.2 Å². The number of benzene rings is 3. The molecule has 0 aliphatic rings. The summed E-state index contributed by atoms with van der Waals surface area (Å²) in [6.07, 6.45) is 0. The summed E-state index contributed by atoms with van der Waals surface area (Å²) in [5, 5.41) is 2.88. The first-order valence-electron chi connectivity index (χ1n) is 10.1. The Kier molecular flexibility index (Phi) is 8.20. The maximum absolute atomic E-state index is 13.4. The second-order valence-electron chi connectivity index (χ2n) is 7.20.